The van der Waals surface area contributed by atoms with Crippen LogP contribution in [-0.2, 0) is 0 Å². The zero-order valence-corrected chi connectivity index (χ0v) is 22.0. The van der Waals surface area contributed by atoms with Gasteiger partial charge < -0.3 is 20.0 Å². The van der Waals surface area contributed by atoms with Gasteiger partial charge in [-0.25, -0.2) is 15.0 Å². The topological polar surface area (TPSA) is 77.5 Å². The van der Waals surface area contributed by atoms with E-state index in [-0.39, 0.29) is 11.9 Å². The highest BCUT2D eigenvalue weighted by molar-refractivity contribution is 5.94. The summed E-state index contributed by atoms with van der Waals surface area (Å²) in [7, 11) is 0. The molecule has 0 aromatic carbocycles. The first-order valence-electron chi connectivity index (χ1n) is 14.1. The van der Waals surface area contributed by atoms with Crippen molar-refractivity contribution in [3.05, 3.63) is 24.0 Å². The maximum absolute atomic E-state index is 12.9. The minimum atomic E-state index is -0.0918. The van der Waals surface area contributed by atoms with Crippen molar-refractivity contribution in [2.75, 3.05) is 57.3 Å². The fourth-order valence-corrected chi connectivity index (χ4v) is 6.70. The number of amides is 1. The SMILES string of the molecule is CC1(C)C2CN(CCN3CCC(NC(=O)c4ccc5nc(N6CCCCCC6)ncc5n4)CC3)CC21. The number of nitrogens with one attached hydrogen (secondary N) is 1. The van der Waals surface area contributed by atoms with Crippen LogP contribution in [-0.4, -0.2) is 89.1 Å². The Kier molecular flexibility index (Phi) is 6.58. The van der Waals surface area contributed by atoms with E-state index in [1.807, 2.05) is 6.07 Å². The van der Waals surface area contributed by atoms with Gasteiger partial charge in [-0.2, -0.15) is 0 Å². The number of carbonyl (C=O) groups excluding carboxylic acids is 1. The van der Waals surface area contributed by atoms with Crippen LogP contribution in [0.3, 0.4) is 0 Å². The molecule has 4 fully saturated rings. The minimum Gasteiger partial charge on any atom is -0.348 e. The van der Waals surface area contributed by atoms with Crippen molar-refractivity contribution in [1.29, 1.82) is 0 Å². The molecule has 2 aromatic heterocycles. The van der Waals surface area contributed by atoms with E-state index in [2.05, 4.69) is 43.8 Å². The molecule has 5 heterocycles. The monoisotopic (exact) mass is 491 g/mol. The molecule has 6 rings (SSSR count). The Labute approximate surface area is 214 Å². The van der Waals surface area contributed by atoms with Gasteiger partial charge in [0.05, 0.1) is 11.7 Å². The quantitative estimate of drug-likeness (QED) is 0.665. The number of carbonyl (C=O) groups is 1. The molecule has 36 heavy (non-hydrogen) atoms. The van der Waals surface area contributed by atoms with E-state index in [1.165, 1.54) is 45.3 Å². The maximum Gasteiger partial charge on any atom is 0.270 e. The van der Waals surface area contributed by atoms with Crippen LogP contribution < -0.4 is 10.2 Å². The lowest BCUT2D eigenvalue weighted by Crippen LogP contribution is -2.46. The van der Waals surface area contributed by atoms with Gasteiger partial charge in [-0.05, 0) is 55.1 Å². The molecule has 2 aromatic rings. The summed E-state index contributed by atoms with van der Waals surface area (Å²) in [6.07, 6.45) is 8.70. The van der Waals surface area contributed by atoms with E-state index in [0.29, 0.717) is 16.6 Å². The maximum atomic E-state index is 12.9. The van der Waals surface area contributed by atoms with Gasteiger partial charge in [-0.15, -0.1) is 0 Å². The van der Waals surface area contributed by atoms with Gasteiger partial charge in [0.1, 0.15) is 11.2 Å². The summed E-state index contributed by atoms with van der Waals surface area (Å²) < 4.78 is 0. The van der Waals surface area contributed by atoms with Crippen LogP contribution in [0.2, 0.25) is 0 Å². The molecule has 0 spiro atoms. The largest absolute Gasteiger partial charge is 0.348 e. The molecule has 2 atom stereocenters. The average molecular weight is 492 g/mol. The third-order valence-electron chi connectivity index (χ3n) is 9.40. The lowest BCUT2D eigenvalue weighted by atomic mass is 10.0. The van der Waals surface area contributed by atoms with Crippen molar-refractivity contribution in [2.45, 2.75) is 58.4 Å². The number of pyridine rings is 1. The number of aromatic nitrogens is 3. The lowest BCUT2D eigenvalue weighted by Gasteiger charge is -2.33. The van der Waals surface area contributed by atoms with Gasteiger partial charge in [-0.1, -0.05) is 26.7 Å². The summed E-state index contributed by atoms with van der Waals surface area (Å²) in [6, 6.07) is 3.92. The third kappa shape index (κ3) is 4.94. The molecule has 0 radical (unpaired) electrons. The van der Waals surface area contributed by atoms with E-state index in [1.54, 1.807) is 12.3 Å². The first kappa shape index (κ1) is 24.0. The standard InChI is InChI=1S/C28H41N7O/c1-28(2)21-18-34(19-22(21)28)16-15-33-13-9-20(10-14-33)30-26(36)24-8-7-23-25(31-24)17-29-27(32-23)35-11-5-3-4-6-12-35/h7-8,17,20-22H,3-6,9-16,18-19H2,1-2H3,(H,30,36). The predicted octanol–water partition coefficient (Wildman–Crippen LogP) is 3.19. The van der Waals surface area contributed by atoms with Crippen LogP contribution in [0.25, 0.3) is 11.0 Å². The van der Waals surface area contributed by atoms with Gasteiger partial charge in [0.15, 0.2) is 0 Å². The van der Waals surface area contributed by atoms with Gasteiger partial charge in [0, 0.05) is 58.4 Å². The average Bonchev–Trinajstić information content (AvgIpc) is 3.25. The summed E-state index contributed by atoms with van der Waals surface area (Å²) in [5.74, 6) is 2.54. The molecule has 1 saturated carbocycles. The van der Waals surface area contributed by atoms with Crippen molar-refractivity contribution < 1.29 is 4.79 Å². The Morgan fingerprint density at radius 3 is 2.33 bits per heavy atom. The Bertz CT molecular complexity index is 1070. The number of anilines is 1. The third-order valence-corrected chi connectivity index (χ3v) is 9.40. The van der Waals surface area contributed by atoms with E-state index < -0.39 is 0 Å². The Balaban J connectivity index is 0.976. The van der Waals surface area contributed by atoms with E-state index in [4.69, 9.17) is 4.98 Å². The molecule has 194 valence electrons. The highest BCUT2D eigenvalue weighted by atomic mass is 16.1. The number of hydrogen-bond acceptors (Lipinski definition) is 7. The summed E-state index contributed by atoms with van der Waals surface area (Å²) in [4.78, 5) is 34.3. The molecule has 3 saturated heterocycles. The molecule has 1 aliphatic carbocycles. The van der Waals surface area contributed by atoms with Gasteiger partial charge >= 0.3 is 0 Å². The fraction of sp³-hybridized carbons (Fsp3) is 0.714. The van der Waals surface area contributed by atoms with Crippen LogP contribution in [0, 0.1) is 17.3 Å². The van der Waals surface area contributed by atoms with Crippen LogP contribution in [0.1, 0.15) is 62.9 Å². The fourth-order valence-electron chi connectivity index (χ4n) is 6.70. The van der Waals surface area contributed by atoms with E-state index in [0.717, 1.165) is 68.9 Å². The van der Waals surface area contributed by atoms with Crippen LogP contribution in [0.4, 0.5) is 5.95 Å². The van der Waals surface area contributed by atoms with E-state index >= 15 is 0 Å². The Hall–Kier alpha value is -2.32. The Morgan fingerprint density at radius 1 is 0.917 bits per heavy atom. The number of fused-ring (bicyclic) bond motifs is 2. The zero-order valence-electron chi connectivity index (χ0n) is 22.0. The molecule has 1 N–H and O–H groups in total. The Morgan fingerprint density at radius 2 is 1.61 bits per heavy atom. The van der Waals surface area contributed by atoms with Crippen molar-refractivity contribution in [1.82, 2.24) is 30.1 Å². The number of likely N-dealkylation sites (tertiary alicyclic amines) is 2. The molecule has 4 aliphatic rings. The van der Waals surface area contributed by atoms with Crippen molar-refractivity contribution >= 4 is 22.9 Å². The van der Waals surface area contributed by atoms with Gasteiger partial charge in [0.2, 0.25) is 5.95 Å². The number of piperidine rings is 2. The normalized spacial score (nSPS) is 27.1. The van der Waals surface area contributed by atoms with E-state index in [9.17, 15) is 4.79 Å². The second kappa shape index (κ2) is 9.86. The predicted molar refractivity (Wildman–Crippen MR) is 142 cm³/mol. The molecular formula is C28H41N7O. The van der Waals surface area contributed by atoms with Crippen molar-refractivity contribution in [2.24, 2.45) is 17.3 Å². The molecular weight excluding hydrogens is 450 g/mol. The number of hydrogen-bond donors (Lipinski definition) is 1. The second-order valence-electron chi connectivity index (χ2n) is 12.1. The summed E-state index contributed by atoms with van der Waals surface area (Å²) in [5.41, 5.74) is 2.52. The molecule has 3 aliphatic heterocycles. The lowest BCUT2D eigenvalue weighted by molar-refractivity contribution is 0.0902. The van der Waals surface area contributed by atoms with Crippen LogP contribution in [0.15, 0.2) is 18.3 Å². The molecule has 8 nitrogen and oxygen atoms in total. The highest BCUT2D eigenvalue weighted by Crippen LogP contribution is 2.61. The minimum absolute atomic E-state index is 0.0918. The smallest absolute Gasteiger partial charge is 0.270 e. The van der Waals surface area contributed by atoms with Crippen LogP contribution >= 0.6 is 0 Å². The summed E-state index contributed by atoms with van der Waals surface area (Å²) >= 11 is 0. The first-order valence-corrected chi connectivity index (χ1v) is 14.1. The highest BCUT2D eigenvalue weighted by Gasteiger charge is 2.61. The molecule has 2 unspecified atom stereocenters. The summed E-state index contributed by atoms with van der Waals surface area (Å²) in [5, 5.41) is 3.22. The second-order valence-corrected chi connectivity index (χ2v) is 12.1. The van der Waals surface area contributed by atoms with Crippen molar-refractivity contribution in [3.63, 3.8) is 0 Å². The van der Waals surface area contributed by atoms with Gasteiger partial charge in [0.25, 0.3) is 5.91 Å². The number of rotatable bonds is 6. The first-order chi connectivity index (χ1) is 17.5. The van der Waals surface area contributed by atoms with Crippen LogP contribution in [0.5, 0.6) is 0 Å². The van der Waals surface area contributed by atoms with Gasteiger partial charge in [-0.3, -0.25) is 4.79 Å². The molecule has 1 amide bonds. The zero-order chi connectivity index (χ0) is 24.7. The molecule has 8 heteroatoms. The molecule has 0 bridgehead atoms. The number of nitrogens with zero attached hydrogens (tertiary/aromatic N) is 6. The van der Waals surface area contributed by atoms with Crippen molar-refractivity contribution in [3.8, 4) is 0 Å². The summed E-state index contributed by atoms with van der Waals surface area (Å²) in [6.45, 7) is 13.9.